The summed E-state index contributed by atoms with van der Waals surface area (Å²) in [7, 11) is 0. The predicted molar refractivity (Wildman–Crippen MR) is 63.8 cm³/mol. The molecular formula is C11H15ClN4. The molecule has 1 aromatic rings. The van der Waals surface area contributed by atoms with Gasteiger partial charge in [-0.1, -0.05) is 11.6 Å². The Morgan fingerprint density at radius 3 is 2.94 bits per heavy atom. The summed E-state index contributed by atoms with van der Waals surface area (Å²) in [5.74, 6) is 1.57. The molecule has 2 aliphatic heterocycles. The topological polar surface area (TPSA) is 41.1 Å². The maximum absolute atomic E-state index is 5.79. The minimum Gasteiger partial charge on any atom is -0.340 e. The van der Waals surface area contributed by atoms with E-state index >= 15 is 0 Å². The number of piperidine rings is 1. The van der Waals surface area contributed by atoms with Gasteiger partial charge in [-0.3, -0.25) is 0 Å². The van der Waals surface area contributed by atoms with Gasteiger partial charge in [0.25, 0.3) is 0 Å². The third-order valence-electron chi connectivity index (χ3n) is 3.55. The standard InChI is InChI=1S/C11H15ClN4/c12-9-5-14-11(15-6-9)16-4-2-10-8(7-16)1-3-13-10/h5-6,8,10,13H,1-4,7H2. The van der Waals surface area contributed by atoms with Crippen LogP contribution in [0, 0.1) is 5.92 Å². The molecule has 0 amide bonds. The number of hydrogen-bond acceptors (Lipinski definition) is 4. The molecule has 2 fully saturated rings. The Labute approximate surface area is 100 Å². The number of nitrogens with zero attached hydrogens (tertiary/aromatic N) is 3. The number of hydrogen-bond donors (Lipinski definition) is 1. The molecule has 0 saturated carbocycles. The summed E-state index contributed by atoms with van der Waals surface area (Å²) in [5, 5.41) is 4.15. The first-order chi connectivity index (χ1) is 7.83. The number of aromatic nitrogens is 2. The fraction of sp³-hybridized carbons (Fsp3) is 0.636. The molecule has 86 valence electrons. The summed E-state index contributed by atoms with van der Waals surface area (Å²) in [6, 6.07) is 0.712. The maximum atomic E-state index is 5.79. The molecule has 1 N–H and O–H groups in total. The zero-order valence-electron chi connectivity index (χ0n) is 9.06. The van der Waals surface area contributed by atoms with Crippen LogP contribution in [0.1, 0.15) is 12.8 Å². The van der Waals surface area contributed by atoms with Gasteiger partial charge in [0.05, 0.1) is 17.4 Å². The zero-order valence-corrected chi connectivity index (χ0v) is 9.82. The van der Waals surface area contributed by atoms with Crippen molar-refractivity contribution in [1.29, 1.82) is 0 Å². The Kier molecular flexibility index (Phi) is 2.69. The molecule has 2 unspecified atom stereocenters. The van der Waals surface area contributed by atoms with Gasteiger partial charge >= 0.3 is 0 Å². The van der Waals surface area contributed by atoms with Crippen molar-refractivity contribution in [1.82, 2.24) is 15.3 Å². The minimum absolute atomic E-state index is 0.598. The SMILES string of the molecule is Clc1cnc(N2CCC3NCCC3C2)nc1. The summed E-state index contributed by atoms with van der Waals surface area (Å²) in [5.41, 5.74) is 0. The molecule has 2 saturated heterocycles. The quantitative estimate of drug-likeness (QED) is 0.801. The van der Waals surface area contributed by atoms with Crippen molar-refractivity contribution in [2.75, 3.05) is 24.5 Å². The molecule has 1 aromatic heterocycles. The fourth-order valence-electron chi connectivity index (χ4n) is 2.70. The third-order valence-corrected chi connectivity index (χ3v) is 3.74. The largest absolute Gasteiger partial charge is 0.340 e. The van der Waals surface area contributed by atoms with E-state index in [0.717, 1.165) is 31.5 Å². The van der Waals surface area contributed by atoms with Gasteiger partial charge in [0.15, 0.2) is 0 Å². The molecule has 3 heterocycles. The van der Waals surface area contributed by atoms with Gasteiger partial charge < -0.3 is 10.2 Å². The van der Waals surface area contributed by atoms with Crippen LogP contribution in [0.5, 0.6) is 0 Å². The lowest BCUT2D eigenvalue weighted by Gasteiger charge is -2.34. The van der Waals surface area contributed by atoms with Crippen molar-refractivity contribution in [3.63, 3.8) is 0 Å². The molecule has 0 radical (unpaired) electrons. The highest BCUT2D eigenvalue weighted by molar-refractivity contribution is 6.30. The second kappa shape index (κ2) is 4.18. The molecule has 0 spiro atoms. The molecule has 0 aromatic carbocycles. The maximum Gasteiger partial charge on any atom is 0.225 e. The van der Waals surface area contributed by atoms with Gasteiger partial charge in [0, 0.05) is 19.1 Å². The van der Waals surface area contributed by atoms with Crippen LogP contribution in [0.3, 0.4) is 0 Å². The number of nitrogens with one attached hydrogen (secondary N) is 1. The Morgan fingerprint density at radius 2 is 2.12 bits per heavy atom. The van der Waals surface area contributed by atoms with Gasteiger partial charge in [0.1, 0.15) is 0 Å². The average molecular weight is 239 g/mol. The lowest BCUT2D eigenvalue weighted by atomic mass is 9.94. The predicted octanol–water partition coefficient (Wildman–Crippen LogP) is 1.32. The smallest absolute Gasteiger partial charge is 0.225 e. The van der Waals surface area contributed by atoms with Crippen molar-refractivity contribution in [3.8, 4) is 0 Å². The summed E-state index contributed by atoms with van der Waals surface area (Å²) in [4.78, 5) is 10.8. The molecular weight excluding hydrogens is 224 g/mol. The van der Waals surface area contributed by atoms with E-state index in [0.29, 0.717) is 11.1 Å². The van der Waals surface area contributed by atoms with Crippen LogP contribution in [0.25, 0.3) is 0 Å². The first kappa shape index (κ1) is 10.3. The normalized spacial score (nSPS) is 29.2. The summed E-state index contributed by atoms with van der Waals surface area (Å²) < 4.78 is 0. The zero-order chi connectivity index (χ0) is 11.0. The first-order valence-electron chi connectivity index (χ1n) is 5.79. The van der Waals surface area contributed by atoms with Gasteiger partial charge in [-0.05, 0) is 25.3 Å². The van der Waals surface area contributed by atoms with Crippen LogP contribution >= 0.6 is 11.6 Å². The monoisotopic (exact) mass is 238 g/mol. The van der Waals surface area contributed by atoms with E-state index < -0.39 is 0 Å². The Morgan fingerprint density at radius 1 is 1.31 bits per heavy atom. The van der Waals surface area contributed by atoms with E-state index in [-0.39, 0.29) is 0 Å². The second-order valence-electron chi connectivity index (χ2n) is 4.55. The van der Waals surface area contributed by atoms with E-state index in [4.69, 9.17) is 11.6 Å². The van der Waals surface area contributed by atoms with Crippen molar-refractivity contribution in [2.45, 2.75) is 18.9 Å². The van der Waals surface area contributed by atoms with Crippen molar-refractivity contribution < 1.29 is 0 Å². The highest BCUT2D eigenvalue weighted by Crippen LogP contribution is 2.26. The molecule has 2 aliphatic rings. The van der Waals surface area contributed by atoms with E-state index in [1.54, 1.807) is 12.4 Å². The highest BCUT2D eigenvalue weighted by Gasteiger charge is 2.33. The molecule has 3 rings (SSSR count). The van der Waals surface area contributed by atoms with E-state index in [2.05, 4.69) is 20.2 Å². The van der Waals surface area contributed by atoms with E-state index in [1.165, 1.54) is 12.8 Å². The minimum atomic E-state index is 0.598. The fourth-order valence-corrected chi connectivity index (χ4v) is 2.80. The van der Waals surface area contributed by atoms with Crippen LogP contribution in [0.4, 0.5) is 5.95 Å². The second-order valence-corrected chi connectivity index (χ2v) is 4.98. The van der Waals surface area contributed by atoms with Gasteiger partial charge in [-0.2, -0.15) is 0 Å². The van der Waals surface area contributed by atoms with Crippen LogP contribution < -0.4 is 10.2 Å². The molecule has 4 nitrogen and oxygen atoms in total. The lowest BCUT2D eigenvalue weighted by molar-refractivity contribution is 0.373. The summed E-state index contributed by atoms with van der Waals surface area (Å²) >= 11 is 5.79. The Balaban J connectivity index is 1.74. The number of anilines is 1. The molecule has 5 heteroatoms. The van der Waals surface area contributed by atoms with Gasteiger partial charge in [-0.25, -0.2) is 9.97 Å². The molecule has 16 heavy (non-hydrogen) atoms. The van der Waals surface area contributed by atoms with E-state index in [1.807, 2.05) is 0 Å². The summed E-state index contributed by atoms with van der Waals surface area (Å²) in [6.07, 6.45) is 5.80. The van der Waals surface area contributed by atoms with Crippen LogP contribution in [0.15, 0.2) is 12.4 Å². The Hall–Kier alpha value is -0.870. The number of halogens is 1. The van der Waals surface area contributed by atoms with Gasteiger partial charge in [-0.15, -0.1) is 0 Å². The molecule has 0 aliphatic carbocycles. The molecule has 2 atom stereocenters. The molecule has 0 bridgehead atoms. The van der Waals surface area contributed by atoms with Gasteiger partial charge in [0.2, 0.25) is 5.95 Å². The summed E-state index contributed by atoms with van der Waals surface area (Å²) in [6.45, 7) is 3.26. The van der Waals surface area contributed by atoms with Crippen LogP contribution in [-0.2, 0) is 0 Å². The Bertz CT molecular complexity index is 367. The van der Waals surface area contributed by atoms with Crippen LogP contribution in [0.2, 0.25) is 5.02 Å². The lowest BCUT2D eigenvalue weighted by Crippen LogP contribution is -2.45. The van der Waals surface area contributed by atoms with Crippen molar-refractivity contribution >= 4 is 17.5 Å². The van der Waals surface area contributed by atoms with Crippen molar-refractivity contribution in [3.05, 3.63) is 17.4 Å². The third kappa shape index (κ3) is 1.87. The average Bonchev–Trinajstić information content (AvgIpc) is 2.77. The van der Waals surface area contributed by atoms with Crippen LogP contribution in [-0.4, -0.2) is 35.6 Å². The number of rotatable bonds is 1. The highest BCUT2D eigenvalue weighted by atomic mass is 35.5. The van der Waals surface area contributed by atoms with Crippen molar-refractivity contribution in [2.24, 2.45) is 5.92 Å². The van der Waals surface area contributed by atoms with E-state index in [9.17, 15) is 0 Å². The number of fused-ring (bicyclic) bond motifs is 1. The first-order valence-corrected chi connectivity index (χ1v) is 6.16.